The van der Waals surface area contributed by atoms with Crippen molar-refractivity contribution in [3.63, 3.8) is 0 Å². The number of benzene rings is 12. The fourth-order valence-corrected chi connectivity index (χ4v) is 14.1. The number of para-hydroxylation sites is 5. The summed E-state index contributed by atoms with van der Waals surface area (Å²) >= 11 is 0. The van der Waals surface area contributed by atoms with Crippen LogP contribution in [0.2, 0.25) is 0 Å². The van der Waals surface area contributed by atoms with Crippen molar-refractivity contribution in [2.24, 2.45) is 0 Å². The quantitative estimate of drug-likeness (QED) is 0.172. The largest absolute Gasteiger partial charge is 0.457 e. The Morgan fingerprint density at radius 1 is 0.256 bits per heavy atom. The number of hydrogen-bond acceptors (Lipinski definition) is 4. The third-order valence-electron chi connectivity index (χ3n) is 17.2. The van der Waals surface area contributed by atoms with Crippen LogP contribution in [-0.4, -0.2) is 0 Å². The van der Waals surface area contributed by atoms with Gasteiger partial charge >= 0.3 is 0 Å². The fraction of sp³-hybridized carbons (Fsp3) is 0.0270. The van der Waals surface area contributed by atoms with Crippen molar-refractivity contribution < 1.29 is 13.9 Å². The van der Waals surface area contributed by atoms with E-state index in [1.165, 1.54) is 44.5 Å². The van der Waals surface area contributed by atoms with Crippen molar-refractivity contribution in [3.05, 3.63) is 317 Å². The SMILES string of the molecule is c1cc(-c2ccc3c(c2)-c2ccccc2C32c3ccccc3Oc3ccccc32)cc(N(c2ccc(-c3cccc4oc5ccccc5c34)cc2)c2ccc3c(c2)C2(c4ccccc4Oc4ccccc42)c2ccccc2-3)c1. The molecule has 78 heavy (non-hydrogen) atoms. The average Bonchev–Trinajstić information content (AvgIpc) is 4.29. The number of furan rings is 1. The van der Waals surface area contributed by atoms with Crippen LogP contribution in [0.1, 0.15) is 44.5 Å². The van der Waals surface area contributed by atoms with E-state index < -0.39 is 10.8 Å². The van der Waals surface area contributed by atoms with E-state index in [9.17, 15) is 0 Å². The van der Waals surface area contributed by atoms with Crippen molar-refractivity contribution in [1.82, 2.24) is 0 Å². The van der Waals surface area contributed by atoms with E-state index in [-0.39, 0.29) is 0 Å². The lowest BCUT2D eigenvalue weighted by Crippen LogP contribution is -2.32. The standard InChI is InChI=1S/C74H45NO3/c1-4-23-58-53(19-1)55-41-40-51(45-65(55)74(58)63-27-8-13-32-69(63)78-70-33-14-9-28-64(70)74)75(49-38-35-46(36-39-49)52-22-16-34-71-72(52)56-21-3-10-29-66(56)76-71)50-18-15-17-47(43-50)48-37-42-60-57(44-48)54-20-2-5-24-59(54)73(60)61-25-6-11-30-67(61)77-68-31-12-7-26-62(68)73/h1-45H. The van der Waals surface area contributed by atoms with Crippen LogP contribution in [0.15, 0.2) is 277 Å². The lowest BCUT2D eigenvalue weighted by Gasteiger charge is -2.39. The molecule has 0 N–H and O–H groups in total. The molecule has 0 atom stereocenters. The summed E-state index contributed by atoms with van der Waals surface area (Å²) in [5, 5.41) is 2.24. The second-order valence-electron chi connectivity index (χ2n) is 21.0. The van der Waals surface area contributed by atoms with E-state index >= 15 is 0 Å². The zero-order valence-electron chi connectivity index (χ0n) is 42.2. The molecule has 3 heterocycles. The molecule has 0 bridgehead atoms. The normalized spacial score (nSPS) is 14.1. The summed E-state index contributed by atoms with van der Waals surface area (Å²) in [4.78, 5) is 2.43. The zero-order valence-corrected chi connectivity index (χ0v) is 42.2. The molecule has 364 valence electrons. The van der Waals surface area contributed by atoms with E-state index in [1.807, 2.05) is 12.1 Å². The van der Waals surface area contributed by atoms with Crippen LogP contribution in [0.3, 0.4) is 0 Å². The minimum absolute atomic E-state index is 0.535. The predicted octanol–water partition coefficient (Wildman–Crippen LogP) is 19.3. The van der Waals surface area contributed by atoms with Gasteiger partial charge < -0.3 is 18.8 Å². The first-order valence-corrected chi connectivity index (χ1v) is 26.8. The van der Waals surface area contributed by atoms with Crippen molar-refractivity contribution >= 4 is 39.0 Å². The number of anilines is 3. The summed E-state index contributed by atoms with van der Waals surface area (Å²) in [7, 11) is 0. The Balaban J connectivity index is 0.860. The Labute approximate surface area is 451 Å². The van der Waals surface area contributed by atoms with Crippen LogP contribution < -0.4 is 14.4 Å². The third-order valence-corrected chi connectivity index (χ3v) is 17.2. The van der Waals surface area contributed by atoms with Gasteiger partial charge in [-0.25, -0.2) is 0 Å². The first-order chi connectivity index (χ1) is 38.7. The number of rotatable bonds is 5. The highest BCUT2D eigenvalue weighted by Gasteiger charge is 2.52. The molecule has 0 unspecified atom stereocenters. The smallest absolute Gasteiger partial charge is 0.136 e. The topological polar surface area (TPSA) is 34.8 Å². The van der Waals surface area contributed by atoms with Gasteiger partial charge in [-0.05, 0) is 146 Å². The van der Waals surface area contributed by atoms with Crippen LogP contribution in [0.5, 0.6) is 23.0 Å². The first-order valence-electron chi connectivity index (χ1n) is 26.8. The monoisotopic (exact) mass is 995 g/mol. The summed E-state index contributed by atoms with van der Waals surface area (Å²) in [5.41, 5.74) is 22.8. The van der Waals surface area contributed by atoms with E-state index in [0.29, 0.717) is 0 Å². The van der Waals surface area contributed by atoms with Crippen LogP contribution in [-0.2, 0) is 10.8 Å². The molecule has 4 aliphatic rings. The maximum atomic E-state index is 6.75. The van der Waals surface area contributed by atoms with E-state index in [4.69, 9.17) is 13.9 Å². The zero-order chi connectivity index (χ0) is 51.1. The maximum Gasteiger partial charge on any atom is 0.136 e. The molecule has 17 rings (SSSR count). The molecule has 0 amide bonds. The lowest BCUT2D eigenvalue weighted by molar-refractivity contribution is 0.436. The predicted molar refractivity (Wildman–Crippen MR) is 314 cm³/mol. The molecular weight excluding hydrogens is 951 g/mol. The molecule has 0 saturated carbocycles. The van der Waals surface area contributed by atoms with Crippen molar-refractivity contribution in [2.75, 3.05) is 4.90 Å². The minimum Gasteiger partial charge on any atom is -0.457 e. The number of ether oxygens (including phenoxy) is 2. The van der Waals surface area contributed by atoms with Gasteiger partial charge in [-0.3, -0.25) is 0 Å². The van der Waals surface area contributed by atoms with Crippen LogP contribution in [0.4, 0.5) is 17.1 Å². The summed E-state index contributed by atoms with van der Waals surface area (Å²) in [6.45, 7) is 0. The molecule has 2 aliphatic carbocycles. The highest BCUT2D eigenvalue weighted by Crippen LogP contribution is 2.64. The van der Waals surface area contributed by atoms with Gasteiger partial charge in [0.1, 0.15) is 34.2 Å². The Morgan fingerprint density at radius 3 is 1.36 bits per heavy atom. The Kier molecular flexibility index (Phi) is 8.94. The second kappa shape index (κ2) is 16.2. The van der Waals surface area contributed by atoms with E-state index in [1.54, 1.807) is 0 Å². The van der Waals surface area contributed by atoms with Gasteiger partial charge in [0, 0.05) is 50.1 Å². The third kappa shape index (κ3) is 5.78. The Morgan fingerprint density at radius 2 is 0.705 bits per heavy atom. The van der Waals surface area contributed by atoms with Gasteiger partial charge in [0.2, 0.25) is 0 Å². The highest BCUT2D eigenvalue weighted by molar-refractivity contribution is 6.12. The highest BCUT2D eigenvalue weighted by atomic mass is 16.5. The van der Waals surface area contributed by atoms with E-state index in [0.717, 1.165) is 107 Å². The molecule has 0 radical (unpaired) electrons. The molecule has 4 nitrogen and oxygen atoms in total. The molecule has 13 aromatic rings. The number of nitrogens with zero attached hydrogens (tertiary/aromatic N) is 1. The number of fused-ring (bicyclic) bond motifs is 21. The van der Waals surface area contributed by atoms with Crippen molar-refractivity contribution in [3.8, 4) is 67.5 Å². The lowest BCUT2D eigenvalue weighted by atomic mass is 9.66. The van der Waals surface area contributed by atoms with Gasteiger partial charge in [-0.15, -0.1) is 0 Å². The summed E-state index contributed by atoms with van der Waals surface area (Å²) in [6.07, 6.45) is 0. The molecule has 0 saturated heterocycles. The van der Waals surface area contributed by atoms with Crippen LogP contribution in [0.25, 0.3) is 66.4 Å². The molecular formula is C74H45NO3. The molecule has 12 aromatic carbocycles. The van der Waals surface area contributed by atoms with Gasteiger partial charge in [-0.2, -0.15) is 0 Å². The first kappa shape index (κ1) is 43.1. The molecule has 2 aliphatic heterocycles. The minimum atomic E-state index is -0.625. The molecule has 2 spiro atoms. The summed E-state index contributed by atoms with van der Waals surface area (Å²) < 4.78 is 19.8. The van der Waals surface area contributed by atoms with Gasteiger partial charge in [0.15, 0.2) is 0 Å². The second-order valence-corrected chi connectivity index (χ2v) is 21.0. The molecule has 4 heteroatoms. The van der Waals surface area contributed by atoms with E-state index in [2.05, 4.69) is 266 Å². The summed E-state index contributed by atoms with van der Waals surface area (Å²) in [6, 6.07) is 99.2. The van der Waals surface area contributed by atoms with Crippen LogP contribution in [0, 0.1) is 0 Å². The van der Waals surface area contributed by atoms with Gasteiger partial charge in [0.05, 0.1) is 10.8 Å². The van der Waals surface area contributed by atoms with Gasteiger partial charge in [0.25, 0.3) is 0 Å². The number of hydrogen-bond donors (Lipinski definition) is 0. The van der Waals surface area contributed by atoms with Crippen LogP contribution >= 0.6 is 0 Å². The van der Waals surface area contributed by atoms with Crippen molar-refractivity contribution in [2.45, 2.75) is 10.8 Å². The van der Waals surface area contributed by atoms with Gasteiger partial charge in [-0.1, -0.05) is 194 Å². The maximum absolute atomic E-state index is 6.75. The fourth-order valence-electron chi connectivity index (χ4n) is 14.1. The summed E-state index contributed by atoms with van der Waals surface area (Å²) in [5.74, 6) is 3.53. The Hall–Kier alpha value is -10.2. The Bertz CT molecular complexity index is 4570. The molecule has 0 fully saturated rings. The molecule has 1 aromatic heterocycles. The van der Waals surface area contributed by atoms with Crippen molar-refractivity contribution in [1.29, 1.82) is 0 Å². The average molecular weight is 996 g/mol.